The summed E-state index contributed by atoms with van der Waals surface area (Å²) in [5.74, 6) is -1.96. The minimum Gasteiger partial charge on any atom is -0.744 e. The molecule has 1 aromatic carbocycles. The Labute approximate surface area is 257 Å². The van der Waals surface area contributed by atoms with Crippen LogP contribution in [0.2, 0.25) is 0 Å². The van der Waals surface area contributed by atoms with Crippen molar-refractivity contribution in [1.82, 2.24) is 0 Å². The van der Waals surface area contributed by atoms with Gasteiger partial charge in [0.1, 0.15) is 23.3 Å². The Morgan fingerprint density at radius 1 is 0.718 bits per heavy atom. The summed E-state index contributed by atoms with van der Waals surface area (Å²) in [4.78, 5) is 24.6. The molecule has 0 saturated heterocycles. The van der Waals surface area contributed by atoms with Gasteiger partial charge in [0.2, 0.25) is 0 Å². The molecule has 0 atom stereocenters. The van der Waals surface area contributed by atoms with E-state index in [1.807, 2.05) is 12.2 Å². The minimum atomic E-state index is -5.02. The van der Waals surface area contributed by atoms with Crippen LogP contribution in [0.3, 0.4) is 0 Å². The Hall–Kier alpha value is -1.45. The maximum Gasteiger partial charge on any atom is 1.00 e. The zero-order chi connectivity index (χ0) is 28.1. The van der Waals surface area contributed by atoms with Gasteiger partial charge in [-0.15, -0.1) is 0 Å². The molecule has 39 heavy (non-hydrogen) atoms. The zero-order valence-corrected chi connectivity index (χ0v) is 26.9. The predicted octanol–water partition coefficient (Wildman–Crippen LogP) is 4.52. The van der Waals surface area contributed by atoms with Gasteiger partial charge in [-0.3, -0.25) is 0 Å². The van der Waals surface area contributed by atoms with E-state index in [0.717, 1.165) is 44.6 Å². The Morgan fingerprint density at radius 3 is 1.67 bits per heavy atom. The van der Waals surface area contributed by atoms with Gasteiger partial charge in [0.05, 0.1) is 16.0 Å². The van der Waals surface area contributed by atoms with Crippen molar-refractivity contribution in [2.24, 2.45) is 0 Å². The van der Waals surface area contributed by atoms with Crippen LogP contribution < -0.4 is 29.6 Å². The molecular formula is C30H45NaO7S. The largest absolute Gasteiger partial charge is 1.00 e. The van der Waals surface area contributed by atoms with E-state index in [1.165, 1.54) is 63.5 Å². The fourth-order valence-electron chi connectivity index (χ4n) is 3.97. The van der Waals surface area contributed by atoms with E-state index in [2.05, 4.69) is 13.8 Å². The van der Waals surface area contributed by atoms with E-state index in [9.17, 15) is 22.6 Å². The number of hydrogen-bond acceptors (Lipinski definition) is 7. The number of allylic oxidation sites excluding steroid dienone is 2. The molecule has 0 N–H and O–H groups in total. The zero-order valence-electron chi connectivity index (χ0n) is 24.1. The summed E-state index contributed by atoms with van der Waals surface area (Å²) < 4.78 is 45.7. The second-order valence-corrected chi connectivity index (χ2v) is 10.7. The molecule has 0 fully saturated rings. The molecule has 0 aliphatic rings. The predicted molar refractivity (Wildman–Crippen MR) is 149 cm³/mol. The van der Waals surface area contributed by atoms with Crippen LogP contribution in [0, 0.1) is 0 Å². The van der Waals surface area contributed by atoms with E-state index in [1.54, 1.807) is 12.2 Å². The van der Waals surface area contributed by atoms with Crippen LogP contribution in [0.4, 0.5) is 0 Å². The van der Waals surface area contributed by atoms with Gasteiger partial charge in [-0.2, -0.15) is 0 Å². The molecule has 1 rings (SSSR count). The number of unbranched alkanes of at least 4 members (excludes halogenated alkanes) is 12. The van der Waals surface area contributed by atoms with Crippen molar-refractivity contribution in [3.05, 3.63) is 53.6 Å². The summed E-state index contributed by atoms with van der Waals surface area (Å²) in [6, 6.07) is 3.47. The monoisotopic (exact) mass is 572 g/mol. The van der Waals surface area contributed by atoms with Crippen molar-refractivity contribution in [3.63, 3.8) is 0 Å². The van der Waals surface area contributed by atoms with Crippen molar-refractivity contribution >= 4 is 22.1 Å². The van der Waals surface area contributed by atoms with Crippen LogP contribution in [-0.2, 0) is 19.6 Å². The third-order valence-corrected chi connectivity index (χ3v) is 7.00. The Morgan fingerprint density at radius 2 is 1.18 bits per heavy atom. The van der Waals surface area contributed by atoms with Crippen molar-refractivity contribution in [3.8, 4) is 0 Å². The molecule has 9 heteroatoms. The molecular weight excluding hydrogens is 527 g/mol. The number of carbonyl (C=O) groups excluding carboxylic acids is 2. The standard InChI is InChI=1S/C30H46O7S.Na/c1-3-5-7-9-11-13-15-17-19-24-36-29(31)26-22-21-23-27(38(33,34)35)28(26)30(32)37-25-20-18-16-14-12-10-8-6-4-2;/h17-23H,3-16,24-25H2,1-2H3,(H,33,34,35);/q;+1/p-1/b19-17+,20-18+;. The van der Waals surface area contributed by atoms with E-state index in [-0.39, 0.29) is 48.3 Å². The molecule has 0 aliphatic heterocycles. The van der Waals surface area contributed by atoms with Crippen molar-refractivity contribution in [2.45, 2.75) is 109 Å². The van der Waals surface area contributed by atoms with Gasteiger partial charge >= 0.3 is 41.5 Å². The first kappa shape index (κ1) is 37.6. The number of ether oxygens (including phenoxy) is 2. The molecule has 7 nitrogen and oxygen atoms in total. The fraction of sp³-hybridized carbons (Fsp3) is 0.600. The smallest absolute Gasteiger partial charge is 0.744 e. The van der Waals surface area contributed by atoms with Crippen LogP contribution in [0.5, 0.6) is 0 Å². The van der Waals surface area contributed by atoms with Gasteiger partial charge in [0.25, 0.3) is 0 Å². The normalized spacial score (nSPS) is 11.6. The van der Waals surface area contributed by atoms with Gasteiger partial charge in [0.15, 0.2) is 0 Å². The van der Waals surface area contributed by atoms with Gasteiger partial charge in [0, 0.05) is 0 Å². The summed E-state index contributed by atoms with van der Waals surface area (Å²) in [7, 11) is -5.02. The number of hydrogen-bond donors (Lipinski definition) is 0. The summed E-state index contributed by atoms with van der Waals surface area (Å²) >= 11 is 0. The third kappa shape index (κ3) is 17.1. The van der Waals surface area contributed by atoms with Crippen molar-refractivity contribution < 1.29 is 61.6 Å². The van der Waals surface area contributed by atoms with Crippen molar-refractivity contribution in [1.29, 1.82) is 0 Å². The van der Waals surface area contributed by atoms with Gasteiger partial charge in [-0.25, -0.2) is 18.0 Å². The summed E-state index contributed by atoms with van der Waals surface area (Å²) in [6.07, 6.45) is 23.1. The molecule has 0 aliphatic carbocycles. The maximum absolute atomic E-state index is 12.7. The molecule has 0 spiro atoms. The van der Waals surface area contributed by atoms with Crippen LogP contribution >= 0.6 is 0 Å². The number of carbonyl (C=O) groups is 2. The Balaban J connectivity index is 0.0000144. The van der Waals surface area contributed by atoms with E-state index < -0.39 is 32.5 Å². The van der Waals surface area contributed by atoms with Gasteiger partial charge in [-0.1, -0.05) is 108 Å². The summed E-state index contributed by atoms with van der Waals surface area (Å²) in [6.45, 7) is 4.23. The molecule has 0 amide bonds. The van der Waals surface area contributed by atoms with E-state index in [4.69, 9.17) is 9.47 Å². The van der Waals surface area contributed by atoms with Crippen LogP contribution in [0.15, 0.2) is 47.4 Å². The average Bonchev–Trinajstić information content (AvgIpc) is 2.89. The first-order chi connectivity index (χ1) is 18.3. The molecule has 0 bridgehead atoms. The number of rotatable bonds is 21. The van der Waals surface area contributed by atoms with Gasteiger partial charge < -0.3 is 14.0 Å². The first-order valence-corrected chi connectivity index (χ1v) is 15.5. The molecule has 0 saturated carbocycles. The summed E-state index contributed by atoms with van der Waals surface area (Å²) in [5, 5.41) is 0. The van der Waals surface area contributed by atoms with E-state index >= 15 is 0 Å². The first-order valence-electron chi connectivity index (χ1n) is 14.1. The average molecular weight is 573 g/mol. The fourth-order valence-corrected chi connectivity index (χ4v) is 4.66. The van der Waals surface area contributed by atoms with Crippen molar-refractivity contribution in [2.75, 3.05) is 13.2 Å². The molecule has 0 radical (unpaired) electrons. The molecule has 214 valence electrons. The molecule has 0 aromatic heterocycles. The van der Waals surface area contributed by atoms with Crippen LogP contribution in [0.25, 0.3) is 0 Å². The number of esters is 2. The minimum absolute atomic E-state index is 0. The SMILES string of the molecule is CCCCCCCC/C=C/COC(=O)c1cccc(S(=O)(=O)[O-])c1C(=O)OC/C=C/CCCCCCCC.[Na+]. The second kappa shape index (κ2) is 23.3. The van der Waals surface area contributed by atoms with Crippen LogP contribution in [-0.4, -0.2) is 38.1 Å². The topological polar surface area (TPSA) is 110 Å². The van der Waals surface area contributed by atoms with Crippen LogP contribution in [0.1, 0.15) is 124 Å². The molecule has 0 heterocycles. The second-order valence-electron chi connectivity index (χ2n) is 9.39. The summed E-state index contributed by atoms with van der Waals surface area (Å²) in [5.41, 5.74) is -0.903. The Bertz CT molecular complexity index is 987. The number of benzene rings is 1. The van der Waals surface area contributed by atoms with E-state index in [0.29, 0.717) is 0 Å². The quantitative estimate of drug-likeness (QED) is 0.0700. The molecule has 0 unspecified atom stereocenters. The maximum atomic E-state index is 12.7. The van der Waals surface area contributed by atoms with Gasteiger partial charge in [-0.05, 0) is 37.8 Å². The Kier molecular flexibility index (Phi) is 22.4. The third-order valence-electron chi connectivity index (χ3n) is 6.12. The molecule has 1 aromatic rings.